The van der Waals surface area contributed by atoms with E-state index in [4.69, 9.17) is 4.74 Å². The molecule has 0 saturated carbocycles. The Morgan fingerprint density at radius 1 is 1.03 bits per heavy atom. The highest BCUT2D eigenvalue weighted by atomic mass is 32.2. The van der Waals surface area contributed by atoms with Gasteiger partial charge < -0.3 is 10.1 Å². The van der Waals surface area contributed by atoms with Crippen LogP contribution in [0.2, 0.25) is 0 Å². The number of rotatable bonds is 8. The molecule has 0 bridgehead atoms. The van der Waals surface area contributed by atoms with E-state index in [1.54, 1.807) is 18.2 Å². The fourth-order valence-electron chi connectivity index (χ4n) is 3.45. The number of aryl methyl sites for hydroxylation is 2. The first-order valence-corrected chi connectivity index (χ1v) is 12.3. The predicted molar refractivity (Wildman–Crippen MR) is 129 cm³/mol. The van der Waals surface area contributed by atoms with E-state index in [1.165, 1.54) is 24.3 Å². The van der Waals surface area contributed by atoms with Crippen molar-refractivity contribution in [2.45, 2.75) is 27.3 Å². The molecule has 33 heavy (non-hydrogen) atoms. The molecular formula is C25H27FN2O4S. The molecule has 0 fully saturated rings. The van der Waals surface area contributed by atoms with Crippen LogP contribution in [0, 0.1) is 19.7 Å². The molecule has 3 rings (SSSR count). The second kappa shape index (κ2) is 10.0. The molecular weight excluding hydrogens is 443 g/mol. The minimum atomic E-state index is -3.70. The molecule has 0 atom stereocenters. The van der Waals surface area contributed by atoms with Crippen LogP contribution in [0.3, 0.4) is 0 Å². The Kier molecular flexibility index (Phi) is 7.38. The molecule has 6 nitrogen and oxygen atoms in total. The van der Waals surface area contributed by atoms with Gasteiger partial charge in [-0.1, -0.05) is 17.7 Å². The Bertz CT molecular complexity index is 1260. The van der Waals surface area contributed by atoms with Crippen LogP contribution in [0.25, 0.3) is 0 Å². The van der Waals surface area contributed by atoms with Gasteiger partial charge in [0, 0.05) is 16.8 Å². The van der Waals surface area contributed by atoms with Gasteiger partial charge in [0.1, 0.15) is 11.6 Å². The number of nitrogens with zero attached hydrogens (tertiary/aromatic N) is 1. The molecule has 0 aliphatic heterocycles. The first kappa shape index (κ1) is 24.3. The molecule has 0 aliphatic rings. The summed E-state index contributed by atoms with van der Waals surface area (Å²) in [6.45, 7) is 6.00. The number of sulfonamides is 1. The summed E-state index contributed by atoms with van der Waals surface area (Å²) in [5.41, 5.74) is 3.92. The summed E-state index contributed by atoms with van der Waals surface area (Å²) < 4.78 is 45.3. The molecule has 0 aromatic heterocycles. The predicted octanol–water partition coefficient (Wildman–Crippen LogP) is 5.06. The van der Waals surface area contributed by atoms with Crippen molar-refractivity contribution in [1.29, 1.82) is 0 Å². The molecule has 0 spiro atoms. The number of nitrogens with one attached hydrogen (secondary N) is 1. The Balaban J connectivity index is 1.96. The van der Waals surface area contributed by atoms with Crippen LogP contribution in [-0.4, -0.2) is 27.2 Å². The third kappa shape index (κ3) is 6.10. The van der Waals surface area contributed by atoms with Gasteiger partial charge in [0.15, 0.2) is 0 Å². The minimum absolute atomic E-state index is 0.0789. The average Bonchev–Trinajstić information content (AvgIpc) is 2.75. The smallest absolute Gasteiger partial charge is 0.255 e. The van der Waals surface area contributed by atoms with Crippen molar-refractivity contribution in [3.05, 3.63) is 88.7 Å². The van der Waals surface area contributed by atoms with Crippen molar-refractivity contribution in [3.63, 3.8) is 0 Å². The zero-order chi connectivity index (χ0) is 24.2. The van der Waals surface area contributed by atoms with Gasteiger partial charge in [0.2, 0.25) is 10.0 Å². The van der Waals surface area contributed by atoms with E-state index in [1.807, 2.05) is 39.0 Å². The molecule has 1 N–H and O–H groups in total. The molecule has 1 amide bonds. The second-order valence-corrected chi connectivity index (χ2v) is 9.68. The van der Waals surface area contributed by atoms with Gasteiger partial charge in [-0.25, -0.2) is 12.8 Å². The van der Waals surface area contributed by atoms with Gasteiger partial charge in [0.25, 0.3) is 5.91 Å². The third-order valence-corrected chi connectivity index (χ3v) is 6.22. The number of anilines is 2. The average molecular weight is 471 g/mol. The van der Waals surface area contributed by atoms with Gasteiger partial charge in [-0.15, -0.1) is 0 Å². The van der Waals surface area contributed by atoms with Gasteiger partial charge in [-0.3, -0.25) is 9.10 Å². The van der Waals surface area contributed by atoms with E-state index in [-0.39, 0.29) is 12.5 Å². The molecule has 8 heteroatoms. The Morgan fingerprint density at radius 2 is 1.73 bits per heavy atom. The molecule has 0 aliphatic carbocycles. The van der Waals surface area contributed by atoms with Crippen molar-refractivity contribution in [3.8, 4) is 5.75 Å². The fourth-order valence-corrected chi connectivity index (χ4v) is 4.33. The summed E-state index contributed by atoms with van der Waals surface area (Å²) in [6, 6.07) is 15.8. The van der Waals surface area contributed by atoms with Crippen molar-refractivity contribution in [2.75, 3.05) is 22.5 Å². The zero-order valence-corrected chi connectivity index (χ0v) is 19.9. The van der Waals surface area contributed by atoms with Crippen molar-refractivity contribution >= 4 is 27.3 Å². The normalized spacial score (nSPS) is 11.2. The van der Waals surface area contributed by atoms with E-state index >= 15 is 0 Å². The molecule has 0 radical (unpaired) electrons. The van der Waals surface area contributed by atoms with Crippen LogP contribution in [0.4, 0.5) is 15.8 Å². The third-order valence-electron chi connectivity index (χ3n) is 5.08. The largest absolute Gasteiger partial charge is 0.494 e. The van der Waals surface area contributed by atoms with Crippen molar-refractivity contribution in [2.24, 2.45) is 0 Å². The number of benzene rings is 3. The monoisotopic (exact) mass is 470 g/mol. The molecule has 0 heterocycles. The SMILES string of the molecule is CCOc1ccc(C(=O)Nc2ccc(C)cc2C)cc1CN(c1ccc(F)cc1)S(C)(=O)=O. The topological polar surface area (TPSA) is 75.7 Å². The van der Waals surface area contributed by atoms with Gasteiger partial charge >= 0.3 is 0 Å². The molecule has 0 saturated heterocycles. The number of carbonyl (C=O) groups is 1. The fraction of sp³-hybridized carbons (Fsp3) is 0.240. The van der Waals surface area contributed by atoms with Crippen molar-refractivity contribution < 1.29 is 22.3 Å². The second-order valence-electron chi connectivity index (χ2n) is 7.77. The number of halogens is 1. The lowest BCUT2D eigenvalue weighted by Gasteiger charge is -2.24. The van der Waals surface area contributed by atoms with E-state index in [0.29, 0.717) is 34.9 Å². The maximum Gasteiger partial charge on any atom is 0.255 e. The van der Waals surface area contributed by atoms with Gasteiger partial charge in [-0.05, 0) is 74.9 Å². The quantitative estimate of drug-likeness (QED) is 0.499. The summed E-state index contributed by atoms with van der Waals surface area (Å²) in [6.07, 6.45) is 1.08. The summed E-state index contributed by atoms with van der Waals surface area (Å²) in [4.78, 5) is 12.9. The van der Waals surface area contributed by atoms with E-state index in [2.05, 4.69) is 5.32 Å². The molecule has 3 aromatic carbocycles. The van der Waals surface area contributed by atoms with E-state index in [9.17, 15) is 17.6 Å². The van der Waals surface area contributed by atoms with Crippen LogP contribution >= 0.6 is 0 Å². The molecule has 174 valence electrons. The summed E-state index contributed by atoms with van der Waals surface area (Å²) in [5, 5.41) is 2.90. The first-order valence-electron chi connectivity index (χ1n) is 10.5. The van der Waals surface area contributed by atoms with Crippen LogP contribution in [-0.2, 0) is 16.6 Å². The number of carbonyl (C=O) groups excluding carboxylic acids is 1. The summed E-state index contributed by atoms with van der Waals surface area (Å²) in [7, 11) is -3.70. The number of ether oxygens (including phenoxy) is 1. The highest BCUT2D eigenvalue weighted by Crippen LogP contribution is 2.27. The van der Waals surface area contributed by atoms with Gasteiger partial charge in [0.05, 0.1) is 25.1 Å². The van der Waals surface area contributed by atoms with Crippen LogP contribution < -0.4 is 14.4 Å². The summed E-state index contributed by atoms with van der Waals surface area (Å²) in [5.74, 6) is -0.317. The Labute approximate surface area is 194 Å². The minimum Gasteiger partial charge on any atom is -0.494 e. The van der Waals surface area contributed by atoms with Crippen LogP contribution in [0.5, 0.6) is 5.75 Å². The number of hydrogen-bond acceptors (Lipinski definition) is 4. The molecule has 3 aromatic rings. The summed E-state index contributed by atoms with van der Waals surface area (Å²) >= 11 is 0. The van der Waals surface area contributed by atoms with Gasteiger partial charge in [-0.2, -0.15) is 0 Å². The Morgan fingerprint density at radius 3 is 2.33 bits per heavy atom. The van der Waals surface area contributed by atoms with E-state index in [0.717, 1.165) is 21.7 Å². The Hall–Kier alpha value is -3.39. The maximum atomic E-state index is 13.4. The highest BCUT2D eigenvalue weighted by Gasteiger charge is 2.21. The first-order chi connectivity index (χ1) is 15.6. The zero-order valence-electron chi connectivity index (χ0n) is 19.1. The standard InChI is InChI=1S/C25H27FN2O4S/c1-5-32-24-13-7-19(25(29)27-23-12-6-17(2)14-18(23)3)15-20(24)16-28(33(4,30)31)22-10-8-21(26)9-11-22/h6-15H,5,16H2,1-4H3,(H,27,29). The van der Waals surface area contributed by atoms with Crippen molar-refractivity contribution in [1.82, 2.24) is 0 Å². The van der Waals surface area contributed by atoms with E-state index < -0.39 is 15.8 Å². The number of hydrogen-bond donors (Lipinski definition) is 1. The van der Waals surface area contributed by atoms with Crippen LogP contribution in [0.15, 0.2) is 60.7 Å². The molecule has 0 unspecified atom stereocenters. The van der Waals surface area contributed by atoms with Crippen LogP contribution in [0.1, 0.15) is 34.0 Å². The number of amides is 1. The highest BCUT2D eigenvalue weighted by molar-refractivity contribution is 7.92. The lowest BCUT2D eigenvalue weighted by atomic mass is 10.1. The maximum absolute atomic E-state index is 13.4. The lowest BCUT2D eigenvalue weighted by Crippen LogP contribution is -2.29. The lowest BCUT2D eigenvalue weighted by molar-refractivity contribution is 0.102.